The van der Waals surface area contributed by atoms with Gasteiger partial charge in [0.2, 0.25) is 5.91 Å². The molecule has 0 saturated carbocycles. The van der Waals surface area contributed by atoms with Gasteiger partial charge in [0.25, 0.3) is 0 Å². The predicted molar refractivity (Wildman–Crippen MR) is 79.2 cm³/mol. The molecule has 1 amide bonds. The molecule has 0 radical (unpaired) electrons. The lowest BCUT2D eigenvalue weighted by Crippen LogP contribution is -2.53. The minimum atomic E-state index is -0.451. The van der Waals surface area contributed by atoms with E-state index in [1.807, 2.05) is 6.92 Å². The zero-order valence-corrected chi connectivity index (χ0v) is 12.4. The molecule has 0 spiro atoms. The van der Waals surface area contributed by atoms with Gasteiger partial charge in [-0.1, -0.05) is 6.07 Å². The Kier molecular flexibility index (Phi) is 3.95. The lowest BCUT2D eigenvalue weighted by Gasteiger charge is -2.41. The van der Waals surface area contributed by atoms with Crippen LogP contribution in [0.1, 0.15) is 30.0 Å². The number of carbonyl (C=O) groups is 1. The molecule has 0 aromatic heterocycles. The summed E-state index contributed by atoms with van der Waals surface area (Å²) in [6, 6.07) is 4.65. The molecule has 3 rings (SSSR count). The van der Waals surface area contributed by atoms with E-state index in [0.29, 0.717) is 6.04 Å². The number of benzene rings is 1. The summed E-state index contributed by atoms with van der Waals surface area (Å²) < 4.78 is 13.3. The number of hydrogen-bond acceptors (Lipinski definition) is 3. The molecule has 0 aliphatic carbocycles. The Balaban J connectivity index is 1.86. The molecule has 0 bridgehead atoms. The third kappa shape index (κ3) is 2.80. The number of aryl methyl sites for hydroxylation is 1. The van der Waals surface area contributed by atoms with Gasteiger partial charge in [-0.2, -0.15) is 0 Å². The van der Waals surface area contributed by atoms with Crippen LogP contribution in [0.3, 0.4) is 0 Å². The van der Waals surface area contributed by atoms with E-state index in [2.05, 4.69) is 9.80 Å². The van der Waals surface area contributed by atoms with Crippen molar-refractivity contribution in [2.75, 3.05) is 26.2 Å². The van der Waals surface area contributed by atoms with Crippen molar-refractivity contribution < 1.29 is 9.18 Å². The molecule has 1 unspecified atom stereocenters. The van der Waals surface area contributed by atoms with E-state index in [9.17, 15) is 9.18 Å². The maximum absolute atomic E-state index is 13.3. The number of carbonyl (C=O) groups excluding carboxylic acids is 1. The van der Waals surface area contributed by atoms with Gasteiger partial charge in [-0.25, -0.2) is 4.39 Å². The van der Waals surface area contributed by atoms with Crippen LogP contribution in [0.2, 0.25) is 0 Å². The zero-order chi connectivity index (χ0) is 15.0. The van der Waals surface area contributed by atoms with Crippen molar-refractivity contribution in [3.05, 3.63) is 35.1 Å². The maximum Gasteiger partial charge on any atom is 0.239 e. The number of piperazine rings is 1. The highest BCUT2D eigenvalue weighted by Gasteiger charge is 2.36. The third-order valence-electron chi connectivity index (χ3n) is 4.78. The van der Waals surface area contributed by atoms with E-state index in [0.717, 1.165) is 37.3 Å². The number of amides is 1. The maximum atomic E-state index is 13.3. The Morgan fingerprint density at radius 3 is 2.90 bits per heavy atom. The number of primary amides is 1. The van der Waals surface area contributed by atoms with Crippen LogP contribution in [-0.2, 0) is 4.79 Å². The molecule has 2 fully saturated rings. The molecule has 2 saturated heterocycles. The summed E-state index contributed by atoms with van der Waals surface area (Å²) in [5, 5.41) is 0. The molecule has 2 heterocycles. The summed E-state index contributed by atoms with van der Waals surface area (Å²) in [5.74, 6) is -0.628. The average Bonchev–Trinajstić information content (AvgIpc) is 2.88. The van der Waals surface area contributed by atoms with Gasteiger partial charge in [-0.15, -0.1) is 0 Å². The van der Waals surface area contributed by atoms with Crippen LogP contribution in [0.15, 0.2) is 18.2 Å². The number of fused-ring (bicyclic) bond motifs is 1. The van der Waals surface area contributed by atoms with Crippen molar-refractivity contribution in [3.63, 3.8) is 0 Å². The molecule has 21 heavy (non-hydrogen) atoms. The quantitative estimate of drug-likeness (QED) is 0.917. The van der Waals surface area contributed by atoms with Gasteiger partial charge in [0, 0.05) is 25.7 Å². The number of nitrogens with two attached hydrogens (primary N) is 1. The monoisotopic (exact) mass is 291 g/mol. The first-order chi connectivity index (χ1) is 10.1. The summed E-state index contributed by atoms with van der Waals surface area (Å²) in [7, 11) is 0. The van der Waals surface area contributed by atoms with E-state index < -0.39 is 6.04 Å². The molecule has 114 valence electrons. The molecule has 1 aromatic carbocycles. The number of rotatable bonds is 3. The highest BCUT2D eigenvalue weighted by molar-refractivity contribution is 5.82. The van der Waals surface area contributed by atoms with Gasteiger partial charge >= 0.3 is 0 Å². The Morgan fingerprint density at radius 1 is 1.38 bits per heavy atom. The van der Waals surface area contributed by atoms with E-state index in [-0.39, 0.29) is 11.7 Å². The van der Waals surface area contributed by atoms with Gasteiger partial charge < -0.3 is 5.73 Å². The normalized spacial score (nSPS) is 24.8. The largest absolute Gasteiger partial charge is 0.368 e. The number of halogens is 1. The van der Waals surface area contributed by atoms with Crippen molar-refractivity contribution in [2.24, 2.45) is 5.73 Å². The first-order valence-corrected chi connectivity index (χ1v) is 7.59. The van der Waals surface area contributed by atoms with Crippen molar-refractivity contribution in [2.45, 2.75) is 31.8 Å². The molecule has 1 aromatic rings. The fraction of sp³-hybridized carbons (Fsp3) is 0.562. The lowest BCUT2D eigenvalue weighted by atomic mass is 9.97. The smallest absolute Gasteiger partial charge is 0.239 e. The number of nitrogens with zero attached hydrogens (tertiary/aromatic N) is 2. The fourth-order valence-electron chi connectivity index (χ4n) is 3.73. The molecule has 2 N–H and O–H groups in total. The highest BCUT2D eigenvalue weighted by atomic mass is 19.1. The van der Waals surface area contributed by atoms with Gasteiger partial charge in [0.05, 0.1) is 0 Å². The van der Waals surface area contributed by atoms with Crippen LogP contribution >= 0.6 is 0 Å². The molecule has 2 aliphatic rings. The van der Waals surface area contributed by atoms with Crippen molar-refractivity contribution in [1.82, 2.24) is 9.80 Å². The van der Waals surface area contributed by atoms with E-state index in [1.54, 1.807) is 6.07 Å². The summed E-state index contributed by atoms with van der Waals surface area (Å²) >= 11 is 0. The van der Waals surface area contributed by atoms with Crippen molar-refractivity contribution in [1.29, 1.82) is 0 Å². The standard InChI is InChI=1S/C16H22FN3O/c1-11-9-12(17)4-5-14(11)15(16(18)21)20-8-7-19-6-2-3-13(19)10-20/h4-5,9,13,15H,2-3,6-8,10H2,1H3,(H2,18,21)/t13-,15?/m1/s1. The van der Waals surface area contributed by atoms with Crippen molar-refractivity contribution >= 4 is 5.91 Å². The number of hydrogen-bond donors (Lipinski definition) is 1. The van der Waals surface area contributed by atoms with E-state index in [4.69, 9.17) is 5.73 Å². The molecule has 2 atom stereocenters. The minimum absolute atomic E-state index is 0.278. The zero-order valence-electron chi connectivity index (χ0n) is 12.4. The Bertz CT molecular complexity index is 548. The Hall–Kier alpha value is -1.46. The molecule has 4 nitrogen and oxygen atoms in total. The lowest BCUT2D eigenvalue weighted by molar-refractivity contribution is -0.124. The highest BCUT2D eigenvalue weighted by Crippen LogP contribution is 2.29. The van der Waals surface area contributed by atoms with Crippen LogP contribution in [0.4, 0.5) is 4.39 Å². The second-order valence-electron chi connectivity index (χ2n) is 6.13. The summed E-state index contributed by atoms with van der Waals surface area (Å²) in [5.41, 5.74) is 7.27. The SMILES string of the molecule is Cc1cc(F)ccc1C(C(N)=O)N1CCN2CCC[C@@H]2C1. The fourth-order valence-corrected chi connectivity index (χ4v) is 3.73. The van der Waals surface area contributed by atoms with Gasteiger partial charge in [0.15, 0.2) is 0 Å². The first-order valence-electron chi connectivity index (χ1n) is 7.59. The summed E-state index contributed by atoms with van der Waals surface area (Å²) in [6.45, 7) is 5.68. The summed E-state index contributed by atoms with van der Waals surface area (Å²) in [4.78, 5) is 16.7. The Morgan fingerprint density at radius 2 is 2.19 bits per heavy atom. The summed E-state index contributed by atoms with van der Waals surface area (Å²) in [6.07, 6.45) is 2.42. The van der Waals surface area contributed by atoms with Crippen LogP contribution < -0.4 is 5.73 Å². The predicted octanol–water partition coefficient (Wildman–Crippen LogP) is 1.44. The molecule has 5 heteroatoms. The third-order valence-corrected chi connectivity index (χ3v) is 4.78. The first kappa shape index (κ1) is 14.5. The van der Waals surface area contributed by atoms with E-state index in [1.165, 1.54) is 25.0 Å². The average molecular weight is 291 g/mol. The van der Waals surface area contributed by atoms with Gasteiger partial charge in [-0.05, 0) is 49.6 Å². The van der Waals surface area contributed by atoms with Crippen LogP contribution in [-0.4, -0.2) is 47.9 Å². The van der Waals surface area contributed by atoms with Crippen molar-refractivity contribution in [3.8, 4) is 0 Å². The van der Waals surface area contributed by atoms with Crippen LogP contribution in [0, 0.1) is 12.7 Å². The van der Waals surface area contributed by atoms with Crippen LogP contribution in [0.5, 0.6) is 0 Å². The minimum Gasteiger partial charge on any atom is -0.368 e. The topological polar surface area (TPSA) is 49.6 Å². The molecular weight excluding hydrogens is 269 g/mol. The molecular formula is C16H22FN3O. The molecule has 2 aliphatic heterocycles. The van der Waals surface area contributed by atoms with Crippen LogP contribution in [0.25, 0.3) is 0 Å². The Labute approximate surface area is 124 Å². The van der Waals surface area contributed by atoms with E-state index >= 15 is 0 Å². The second kappa shape index (κ2) is 5.73. The van der Waals surface area contributed by atoms with Gasteiger partial charge in [0.1, 0.15) is 11.9 Å². The second-order valence-corrected chi connectivity index (χ2v) is 6.13. The van der Waals surface area contributed by atoms with Gasteiger partial charge in [-0.3, -0.25) is 14.6 Å².